The van der Waals surface area contributed by atoms with E-state index >= 15 is 0 Å². The van der Waals surface area contributed by atoms with E-state index in [1.54, 1.807) is 16.8 Å². The van der Waals surface area contributed by atoms with E-state index in [1.807, 2.05) is 0 Å². The maximum Gasteiger partial charge on any atom is 0.317 e. The van der Waals surface area contributed by atoms with E-state index in [2.05, 4.69) is 12.2 Å². The lowest BCUT2D eigenvalue weighted by Gasteiger charge is -2.35. The van der Waals surface area contributed by atoms with Crippen LogP contribution in [0, 0.1) is 5.92 Å². The third-order valence-corrected chi connectivity index (χ3v) is 5.45. The van der Waals surface area contributed by atoms with Gasteiger partial charge in [0.05, 0.1) is 19.3 Å². The molecule has 0 aromatic heterocycles. The molecular weight excluding hydrogens is 334 g/mol. The van der Waals surface area contributed by atoms with Crippen molar-refractivity contribution in [1.29, 1.82) is 0 Å². The Bertz CT molecular complexity index is 454. The van der Waals surface area contributed by atoms with E-state index in [-0.39, 0.29) is 24.7 Å². The molecule has 2 atom stereocenters. The molecule has 26 heavy (non-hydrogen) atoms. The minimum absolute atomic E-state index is 0.0236. The largest absolute Gasteiger partial charge is 0.480 e. The second-order valence-corrected chi connectivity index (χ2v) is 7.96. The lowest BCUT2D eigenvalue weighted by atomic mass is 9.85. The number of hydrogen-bond acceptors (Lipinski definition) is 4. The van der Waals surface area contributed by atoms with Gasteiger partial charge in [-0.1, -0.05) is 32.1 Å². The SMILES string of the molecule is CC(CCC1CCCCC1)NC(=O)N1CCOC(CN(C)CC(=O)O)C1. The van der Waals surface area contributed by atoms with Gasteiger partial charge in [0.15, 0.2) is 0 Å². The zero-order chi connectivity index (χ0) is 18.9. The zero-order valence-electron chi connectivity index (χ0n) is 16.3. The molecule has 2 fully saturated rings. The highest BCUT2D eigenvalue weighted by atomic mass is 16.5. The summed E-state index contributed by atoms with van der Waals surface area (Å²) in [5.74, 6) is -0.0228. The van der Waals surface area contributed by atoms with Crippen LogP contribution < -0.4 is 5.32 Å². The molecule has 2 amide bonds. The van der Waals surface area contributed by atoms with Gasteiger partial charge in [-0.2, -0.15) is 0 Å². The molecule has 7 heteroatoms. The van der Waals surface area contributed by atoms with Gasteiger partial charge in [-0.15, -0.1) is 0 Å². The van der Waals surface area contributed by atoms with E-state index in [9.17, 15) is 9.59 Å². The second-order valence-electron chi connectivity index (χ2n) is 7.96. The number of amides is 2. The molecule has 0 aromatic rings. The smallest absolute Gasteiger partial charge is 0.317 e. The van der Waals surface area contributed by atoms with Crippen LogP contribution in [0.15, 0.2) is 0 Å². The standard InChI is InChI=1S/C19H35N3O4/c1-15(8-9-16-6-4-3-5-7-16)20-19(25)22-10-11-26-17(13-22)12-21(2)14-18(23)24/h15-17H,3-14H2,1-2H3,(H,20,25)(H,23,24). The molecule has 150 valence electrons. The number of hydrogen-bond donors (Lipinski definition) is 2. The fourth-order valence-electron chi connectivity index (χ4n) is 3.99. The molecule has 1 saturated carbocycles. The van der Waals surface area contributed by atoms with Crippen LogP contribution >= 0.6 is 0 Å². The zero-order valence-corrected chi connectivity index (χ0v) is 16.3. The number of carbonyl (C=O) groups is 2. The third-order valence-electron chi connectivity index (χ3n) is 5.45. The van der Waals surface area contributed by atoms with Gasteiger partial charge in [0, 0.05) is 25.7 Å². The van der Waals surface area contributed by atoms with Gasteiger partial charge < -0.3 is 20.1 Å². The number of nitrogens with zero attached hydrogens (tertiary/aromatic N) is 2. The molecule has 0 bridgehead atoms. The lowest BCUT2D eigenvalue weighted by Crippen LogP contribution is -2.53. The van der Waals surface area contributed by atoms with Crippen molar-refractivity contribution in [1.82, 2.24) is 15.1 Å². The topological polar surface area (TPSA) is 82.1 Å². The number of nitrogens with one attached hydrogen (secondary N) is 1. The molecule has 1 aliphatic carbocycles. The van der Waals surface area contributed by atoms with Crippen LogP contribution in [-0.2, 0) is 9.53 Å². The Labute approximate surface area is 157 Å². The van der Waals surface area contributed by atoms with E-state index in [1.165, 1.54) is 38.5 Å². The van der Waals surface area contributed by atoms with Gasteiger partial charge in [-0.3, -0.25) is 9.69 Å². The van der Waals surface area contributed by atoms with Crippen molar-refractivity contribution in [3.05, 3.63) is 0 Å². The maximum atomic E-state index is 12.5. The van der Waals surface area contributed by atoms with Crippen LogP contribution in [-0.4, -0.2) is 78.9 Å². The molecule has 1 heterocycles. The summed E-state index contributed by atoms with van der Waals surface area (Å²) in [5.41, 5.74) is 0. The van der Waals surface area contributed by atoms with E-state index in [0.29, 0.717) is 26.2 Å². The molecular formula is C19H35N3O4. The molecule has 1 saturated heterocycles. The van der Waals surface area contributed by atoms with Gasteiger partial charge >= 0.3 is 12.0 Å². The number of likely N-dealkylation sites (N-methyl/N-ethyl adjacent to an activating group) is 1. The number of aliphatic carboxylic acids is 1. The maximum absolute atomic E-state index is 12.5. The lowest BCUT2D eigenvalue weighted by molar-refractivity contribution is -0.138. The summed E-state index contributed by atoms with van der Waals surface area (Å²) < 4.78 is 5.69. The molecule has 7 nitrogen and oxygen atoms in total. The minimum atomic E-state index is -0.857. The molecule has 2 aliphatic rings. The van der Waals surface area contributed by atoms with Crippen molar-refractivity contribution in [2.24, 2.45) is 5.92 Å². The first kappa shape index (κ1) is 21.0. The Morgan fingerprint density at radius 3 is 2.73 bits per heavy atom. The average Bonchev–Trinajstić information content (AvgIpc) is 2.60. The number of carbonyl (C=O) groups excluding carboxylic acids is 1. The van der Waals surface area contributed by atoms with Crippen molar-refractivity contribution >= 4 is 12.0 Å². The first-order valence-electron chi connectivity index (χ1n) is 10.0. The van der Waals surface area contributed by atoms with Crippen LogP contribution in [0.3, 0.4) is 0 Å². The number of ether oxygens (including phenoxy) is 1. The quantitative estimate of drug-likeness (QED) is 0.685. The summed E-state index contributed by atoms with van der Waals surface area (Å²) in [5, 5.41) is 12.0. The molecule has 0 radical (unpaired) electrons. The van der Waals surface area contributed by atoms with Crippen molar-refractivity contribution in [2.45, 2.75) is 64.0 Å². The summed E-state index contributed by atoms with van der Waals surface area (Å²) in [6.07, 6.45) is 8.87. The molecule has 2 rings (SSSR count). The number of rotatable bonds is 8. The van der Waals surface area contributed by atoms with Gasteiger partial charge in [0.1, 0.15) is 0 Å². The predicted octanol–water partition coefficient (Wildman–Crippen LogP) is 2.16. The minimum Gasteiger partial charge on any atom is -0.480 e. The van der Waals surface area contributed by atoms with Gasteiger partial charge in [-0.05, 0) is 32.7 Å². The summed E-state index contributed by atoms with van der Waals surface area (Å²) in [6, 6.07) is 0.149. The Hall–Kier alpha value is -1.34. The summed E-state index contributed by atoms with van der Waals surface area (Å²) in [7, 11) is 1.75. The summed E-state index contributed by atoms with van der Waals surface area (Å²) in [4.78, 5) is 26.8. The predicted molar refractivity (Wildman–Crippen MR) is 100 cm³/mol. The Morgan fingerprint density at radius 2 is 2.04 bits per heavy atom. The molecule has 0 aromatic carbocycles. The highest BCUT2D eigenvalue weighted by Gasteiger charge is 2.26. The summed E-state index contributed by atoms with van der Waals surface area (Å²) in [6.45, 7) is 4.15. The number of carboxylic acids is 1. The fraction of sp³-hybridized carbons (Fsp3) is 0.895. The number of urea groups is 1. The third kappa shape index (κ3) is 7.50. The van der Waals surface area contributed by atoms with Gasteiger partial charge in [-0.25, -0.2) is 4.79 Å². The van der Waals surface area contributed by atoms with Crippen molar-refractivity contribution in [3.8, 4) is 0 Å². The first-order chi connectivity index (χ1) is 12.4. The molecule has 1 aliphatic heterocycles. The van der Waals surface area contributed by atoms with Crippen molar-refractivity contribution < 1.29 is 19.4 Å². The van der Waals surface area contributed by atoms with Crippen LogP contribution in [0.25, 0.3) is 0 Å². The molecule has 0 spiro atoms. The van der Waals surface area contributed by atoms with E-state index < -0.39 is 5.97 Å². The monoisotopic (exact) mass is 369 g/mol. The molecule has 2 N–H and O–H groups in total. The van der Waals surface area contributed by atoms with Crippen LogP contribution in [0.2, 0.25) is 0 Å². The van der Waals surface area contributed by atoms with Gasteiger partial charge in [0.2, 0.25) is 0 Å². The summed E-state index contributed by atoms with van der Waals surface area (Å²) >= 11 is 0. The van der Waals surface area contributed by atoms with Crippen molar-refractivity contribution in [3.63, 3.8) is 0 Å². The second kappa shape index (κ2) is 10.7. The highest BCUT2D eigenvalue weighted by Crippen LogP contribution is 2.27. The highest BCUT2D eigenvalue weighted by molar-refractivity contribution is 5.74. The Morgan fingerprint density at radius 1 is 1.31 bits per heavy atom. The van der Waals surface area contributed by atoms with Crippen molar-refractivity contribution in [2.75, 3.05) is 39.8 Å². The number of carboxylic acid groups (broad SMARTS) is 1. The van der Waals surface area contributed by atoms with Crippen LogP contribution in [0.5, 0.6) is 0 Å². The van der Waals surface area contributed by atoms with Crippen LogP contribution in [0.4, 0.5) is 4.79 Å². The van der Waals surface area contributed by atoms with Gasteiger partial charge in [0.25, 0.3) is 0 Å². The fourth-order valence-corrected chi connectivity index (χ4v) is 3.99. The van der Waals surface area contributed by atoms with Crippen LogP contribution in [0.1, 0.15) is 51.9 Å². The Balaban J connectivity index is 1.69. The number of morpholine rings is 1. The van der Waals surface area contributed by atoms with E-state index in [4.69, 9.17) is 9.84 Å². The average molecular weight is 370 g/mol. The van der Waals surface area contributed by atoms with E-state index in [0.717, 1.165) is 12.3 Å². The normalized spacial score (nSPS) is 23.0. The molecule has 2 unspecified atom stereocenters. The first-order valence-corrected chi connectivity index (χ1v) is 10.0. The Kier molecular flexibility index (Phi) is 8.65.